The van der Waals surface area contributed by atoms with Gasteiger partial charge < -0.3 is 20.1 Å². The molecule has 2 amide bonds. The van der Waals surface area contributed by atoms with Gasteiger partial charge in [0.25, 0.3) is 0 Å². The monoisotopic (exact) mass is 316 g/mol. The summed E-state index contributed by atoms with van der Waals surface area (Å²) >= 11 is 0. The summed E-state index contributed by atoms with van der Waals surface area (Å²) in [4.78, 5) is 22.4. The quantitative estimate of drug-likeness (QED) is 0.568. The van der Waals surface area contributed by atoms with Crippen molar-refractivity contribution in [2.75, 3.05) is 26.8 Å². The molecule has 6 nitrogen and oxygen atoms in total. The van der Waals surface area contributed by atoms with Gasteiger partial charge in [-0.3, -0.25) is 9.59 Å². The number of hydrogen-bond acceptors (Lipinski definition) is 4. The second-order valence-corrected chi connectivity index (χ2v) is 6.65. The fourth-order valence-corrected chi connectivity index (χ4v) is 1.69. The van der Waals surface area contributed by atoms with Crippen molar-refractivity contribution in [2.45, 2.75) is 65.1 Å². The zero-order chi connectivity index (χ0) is 17.2. The molecule has 0 bridgehead atoms. The number of rotatable bonds is 11. The fourth-order valence-electron chi connectivity index (χ4n) is 1.69. The number of ether oxygens (including phenoxy) is 2. The molecule has 0 heterocycles. The lowest BCUT2D eigenvalue weighted by molar-refractivity contribution is -0.123. The molecule has 6 heteroatoms. The molecule has 0 spiro atoms. The molecule has 0 aromatic heterocycles. The van der Waals surface area contributed by atoms with Crippen LogP contribution in [0.3, 0.4) is 0 Å². The van der Waals surface area contributed by atoms with Gasteiger partial charge >= 0.3 is 0 Å². The Morgan fingerprint density at radius 1 is 0.955 bits per heavy atom. The van der Waals surface area contributed by atoms with Crippen LogP contribution in [0, 0.1) is 0 Å². The molecule has 0 aliphatic heterocycles. The number of nitrogens with one attached hydrogen (secondary N) is 2. The van der Waals surface area contributed by atoms with Crippen LogP contribution in [0.1, 0.15) is 53.9 Å². The molecule has 0 saturated carbocycles. The Labute approximate surface area is 134 Å². The molecule has 130 valence electrons. The first kappa shape index (κ1) is 20.9. The van der Waals surface area contributed by atoms with Crippen molar-refractivity contribution in [3.63, 3.8) is 0 Å². The minimum absolute atomic E-state index is 0.0285. The Hall–Kier alpha value is -1.14. The van der Waals surface area contributed by atoms with Crippen LogP contribution in [0.25, 0.3) is 0 Å². The van der Waals surface area contributed by atoms with Gasteiger partial charge in [-0.1, -0.05) is 0 Å². The van der Waals surface area contributed by atoms with Crippen LogP contribution >= 0.6 is 0 Å². The highest BCUT2D eigenvalue weighted by Gasteiger charge is 2.22. The topological polar surface area (TPSA) is 76.7 Å². The highest BCUT2D eigenvalue weighted by Crippen LogP contribution is 2.20. The Kier molecular flexibility index (Phi) is 9.28. The lowest BCUT2D eigenvalue weighted by Gasteiger charge is -2.28. The maximum atomic E-state index is 11.7. The molecule has 0 aliphatic rings. The molecule has 0 unspecified atom stereocenters. The van der Waals surface area contributed by atoms with Gasteiger partial charge in [0.1, 0.15) is 0 Å². The summed E-state index contributed by atoms with van der Waals surface area (Å²) in [5.74, 6) is -0.123. The minimum atomic E-state index is -0.348. The standard InChI is InChI=1S/C16H32N2O4/c1-13(19)17-10-11-18-14(20)7-8-16(4,5)22-12-9-15(2,3)21-6/h7-12H2,1-6H3,(H,17,19)(H,18,20). The third-order valence-corrected chi connectivity index (χ3v) is 3.52. The van der Waals surface area contributed by atoms with E-state index in [2.05, 4.69) is 10.6 Å². The maximum absolute atomic E-state index is 11.7. The van der Waals surface area contributed by atoms with Gasteiger partial charge in [0.15, 0.2) is 0 Å². The van der Waals surface area contributed by atoms with Crippen LogP contribution in [0.4, 0.5) is 0 Å². The van der Waals surface area contributed by atoms with E-state index in [1.807, 2.05) is 27.7 Å². The fraction of sp³-hybridized carbons (Fsp3) is 0.875. The van der Waals surface area contributed by atoms with Crippen molar-refractivity contribution in [3.05, 3.63) is 0 Å². The van der Waals surface area contributed by atoms with E-state index in [0.29, 0.717) is 32.5 Å². The summed E-state index contributed by atoms with van der Waals surface area (Å²) in [6, 6.07) is 0. The third kappa shape index (κ3) is 11.5. The average molecular weight is 316 g/mol. The number of carbonyl (C=O) groups excluding carboxylic acids is 2. The van der Waals surface area contributed by atoms with Crippen molar-refractivity contribution in [1.82, 2.24) is 10.6 Å². The van der Waals surface area contributed by atoms with Crippen molar-refractivity contribution in [2.24, 2.45) is 0 Å². The maximum Gasteiger partial charge on any atom is 0.220 e. The van der Waals surface area contributed by atoms with Gasteiger partial charge in [0.05, 0.1) is 17.8 Å². The predicted octanol–water partition coefficient (Wildman–Crippen LogP) is 1.63. The molecule has 0 aromatic carbocycles. The van der Waals surface area contributed by atoms with Crippen LogP contribution in [-0.4, -0.2) is 49.8 Å². The first-order valence-electron chi connectivity index (χ1n) is 7.78. The molecule has 2 N–H and O–H groups in total. The van der Waals surface area contributed by atoms with E-state index in [4.69, 9.17) is 9.47 Å². The Morgan fingerprint density at radius 3 is 2.09 bits per heavy atom. The lowest BCUT2D eigenvalue weighted by atomic mass is 10.0. The lowest BCUT2D eigenvalue weighted by Crippen LogP contribution is -2.35. The van der Waals surface area contributed by atoms with E-state index >= 15 is 0 Å². The molecular formula is C16H32N2O4. The Bertz CT molecular complexity index is 354. The van der Waals surface area contributed by atoms with Crippen LogP contribution in [0.2, 0.25) is 0 Å². The SMILES string of the molecule is COC(C)(C)CCOC(C)(C)CCC(=O)NCCNC(C)=O. The summed E-state index contributed by atoms with van der Waals surface area (Å²) in [7, 11) is 1.69. The van der Waals surface area contributed by atoms with Gasteiger partial charge in [-0.2, -0.15) is 0 Å². The van der Waals surface area contributed by atoms with E-state index in [1.165, 1.54) is 6.92 Å². The number of methoxy groups -OCH3 is 1. The molecule has 0 fully saturated rings. The minimum Gasteiger partial charge on any atom is -0.379 e. The largest absolute Gasteiger partial charge is 0.379 e. The predicted molar refractivity (Wildman–Crippen MR) is 86.7 cm³/mol. The molecule has 0 aliphatic carbocycles. The van der Waals surface area contributed by atoms with Crippen molar-refractivity contribution in [1.29, 1.82) is 0 Å². The smallest absolute Gasteiger partial charge is 0.220 e. The molecule has 0 saturated heterocycles. The van der Waals surface area contributed by atoms with Crippen LogP contribution in [0.5, 0.6) is 0 Å². The molecular weight excluding hydrogens is 284 g/mol. The first-order valence-corrected chi connectivity index (χ1v) is 7.78. The van der Waals surface area contributed by atoms with E-state index in [9.17, 15) is 9.59 Å². The third-order valence-electron chi connectivity index (χ3n) is 3.52. The zero-order valence-electron chi connectivity index (χ0n) is 14.9. The number of hydrogen-bond donors (Lipinski definition) is 2. The normalized spacial score (nSPS) is 12.1. The molecule has 22 heavy (non-hydrogen) atoms. The van der Waals surface area contributed by atoms with Gasteiger partial charge in [-0.05, 0) is 40.5 Å². The van der Waals surface area contributed by atoms with Gasteiger partial charge in [-0.25, -0.2) is 0 Å². The Morgan fingerprint density at radius 2 is 1.55 bits per heavy atom. The van der Waals surface area contributed by atoms with Crippen LogP contribution in [-0.2, 0) is 19.1 Å². The van der Waals surface area contributed by atoms with E-state index in [-0.39, 0.29) is 23.0 Å². The first-order chi connectivity index (χ1) is 10.1. The highest BCUT2D eigenvalue weighted by atomic mass is 16.5. The summed E-state index contributed by atoms with van der Waals surface area (Å²) in [5, 5.41) is 5.40. The van der Waals surface area contributed by atoms with Gasteiger partial charge in [-0.15, -0.1) is 0 Å². The highest BCUT2D eigenvalue weighted by molar-refractivity contribution is 5.76. The molecule has 0 atom stereocenters. The molecule has 0 rings (SSSR count). The van der Waals surface area contributed by atoms with E-state index in [1.54, 1.807) is 7.11 Å². The summed E-state index contributed by atoms with van der Waals surface area (Å²) in [6.07, 6.45) is 1.85. The van der Waals surface area contributed by atoms with Gasteiger partial charge in [0.2, 0.25) is 11.8 Å². The van der Waals surface area contributed by atoms with Crippen LogP contribution in [0.15, 0.2) is 0 Å². The van der Waals surface area contributed by atoms with Crippen LogP contribution < -0.4 is 10.6 Å². The number of carbonyl (C=O) groups is 2. The Balaban J connectivity index is 3.86. The van der Waals surface area contributed by atoms with Crippen molar-refractivity contribution < 1.29 is 19.1 Å². The molecule has 0 aromatic rings. The van der Waals surface area contributed by atoms with E-state index in [0.717, 1.165) is 6.42 Å². The summed E-state index contributed by atoms with van der Waals surface area (Å²) in [5.41, 5.74) is -0.546. The summed E-state index contributed by atoms with van der Waals surface area (Å²) in [6.45, 7) is 11.0. The number of amides is 2. The van der Waals surface area contributed by atoms with Crippen molar-refractivity contribution in [3.8, 4) is 0 Å². The second kappa shape index (κ2) is 9.79. The zero-order valence-corrected chi connectivity index (χ0v) is 14.9. The van der Waals surface area contributed by atoms with E-state index < -0.39 is 0 Å². The van der Waals surface area contributed by atoms with Gasteiger partial charge in [0, 0.05) is 33.5 Å². The molecule has 0 radical (unpaired) electrons. The summed E-state index contributed by atoms with van der Waals surface area (Å²) < 4.78 is 11.2. The van der Waals surface area contributed by atoms with Crippen molar-refractivity contribution >= 4 is 11.8 Å². The second-order valence-electron chi connectivity index (χ2n) is 6.65. The average Bonchev–Trinajstić information content (AvgIpc) is 2.41.